The normalized spacial score (nSPS) is 11.7. The van der Waals surface area contributed by atoms with Crippen LogP contribution in [0.2, 0.25) is 14.4 Å². The molecule has 14 heteroatoms. The molecule has 0 bridgehead atoms. The van der Waals surface area contributed by atoms with Gasteiger partial charge in [-0.1, -0.05) is 46.1 Å². The van der Waals surface area contributed by atoms with Crippen LogP contribution in [-0.2, 0) is 0 Å². The number of amides is 1. The molecule has 31 heavy (non-hydrogen) atoms. The summed E-state index contributed by atoms with van der Waals surface area (Å²) in [7, 11) is 0. The predicted octanol–water partition coefficient (Wildman–Crippen LogP) is 4.08. The maximum Gasteiger partial charge on any atom is 0.294 e. The number of carbonyl (C=O) groups excluding carboxylic acids is 1. The van der Waals surface area contributed by atoms with Crippen molar-refractivity contribution < 1.29 is 9.42 Å². The maximum absolute atomic E-state index is 12.9. The Kier molecular flexibility index (Phi) is 5.92. The lowest BCUT2D eigenvalue weighted by atomic mass is 10.1. The Labute approximate surface area is 193 Å². The first-order valence-electron chi connectivity index (χ1n) is 8.45. The number of rotatable bonds is 5. The minimum Gasteiger partial charge on any atom is -0.378 e. The lowest BCUT2D eigenvalue weighted by Crippen LogP contribution is -2.20. The molecule has 0 unspecified atom stereocenters. The van der Waals surface area contributed by atoms with Gasteiger partial charge in [0, 0.05) is 5.56 Å². The van der Waals surface area contributed by atoms with Crippen LogP contribution in [-0.4, -0.2) is 36.9 Å². The molecule has 3 N–H and O–H groups in total. The van der Waals surface area contributed by atoms with Gasteiger partial charge in [-0.2, -0.15) is 9.78 Å². The van der Waals surface area contributed by atoms with E-state index in [1.165, 1.54) is 16.0 Å². The zero-order valence-electron chi connectivity index (χ0n) is 15.5. The summed E-state index contributed by atoms with van der Waals surface area (Å²) in [6, 6.07) is 8.32. The maximum atomic E-state index is 12.9. The standard InChI is InChI=1S/C17H11Cl3N8O2S/c1-7(11-4-5-12(20)31-11)22-24-17(29)13-14(8-2-3-9(18)10(19)6-8)28(27-23-13)16-15(21)25-30-26-16/h2-6H,1H3,(H2,21,25)(H,24,29). The lowest BCUT2D eigenvalue weighted by Gasteiger charge is -2.07. The van der Waals surface area contributed by atoms with Gasteiger partial charge in [-0.15, -0.1) is 16.4 Å². The summed E-state index contributed by atoms with van der Waals surface area (Å²) < 4.78 is 6.47. The van der Waals surface area contributed by atoms with E-state index in [1.807, 2.05) is 0 Å². The van der Waals surface area contributed by atoms with Crippen LogP contribution >= 0.6 is 46.1 Å². The lowest BCUT2D eigenvalue weighted by molar-refractivity contribution is 0.0950. The molecule has 0 atom stereocenters. The summed E-state index contributed by atoms with van der Waals surface area (Å²) in [5.74, 6) is -0.605. The summed E-state index contributed by atoms with van der Waals surface area (Å²) in [4.78, 5) is 13.7. The molecule has 1 aromatic carbocycles. The predicted molar refractivity (Wildman–Crippen MR) is 118 cm³/mol. The van der Waals surface area contributed by atoms with Crippen molar-refractivity contribution in [3.05, 3.63) is 55.3 Å². The molecule has 158 valence electrons. The van der Waals surface area contributed by atoms with Gasteiger partial charge in [0.25, 0.3) is 5.91 Å². The van der Waals surface area contributed by atoms with Crippen molar-refractivity contribution in [2.75, 3.05) is 5.73 Å². The second-order valence-electron chi connectivity index (χ2n) is 6.04. The fourth-order valence-corrected chi connectivity index (χ4v) is 3.86. The van der Waals surface area contributed by atoms with Crippen molar-refractivity contribution in [3.8, 4) is 17.1 Å². The van der Waals surface area contributed by atoms with E-state index in [0.717, 1.165) is 4.88 Å². The number of nitrogen functional groups attached to an aromatic ring is 1. The zero-order chi connectivity index (χ0) is 22.1. The largest absolute Gasteiger partial charge is 0.378 e. The van der Waals surface area contributed by atoms with Crippen LogP contribution in [0, 0.1) is 0 Å². The highest BCUT2D eigenvalue weighted by Gasteiger charge is 2.25. The van der Waals surface area contributed by atoms with Crippen LogP contribution < -0.4 is 11.2 Å². The number of nitrogens with two attached hydrogens (primary N) is 1. The molecule has 0 saturated heterocycles. The zero-order valence-corrected chi connectivity index (χ0v) is 18.6. The molecule has 0 aliphatic heterocycles. The van der Waals surface area contributed by atoms with Crippen LogP contribution in [0.4, 0.5) is 5.82 Å². The van der Waals surface area contributed by atoms with Crippen molar-refractivity contribution in [1.82, 2.24) is 30.7 Å². The van der Waals surface area contributed by atoms with E-state index < -0.39 is 5.91 Å². The Morgan fingerprint density at radius 2 is 2.00 bits per heavy atom. The quantitative estimate of drug-likeness (QED) is 0.313. The molecule has 0 saturated carbocycles. The minimum atomic E-state index is -0.621. The van der Waals surface area contributed by atoms with E-state index in [1.54, 1.807) is 37.3 Å². The van der Waals surface area contributed by atoms with E-state index >= 15 is 0 Å². The minimum absolute atomic E-state index is 0.0402. The molecule has 4 rings (SSSR count). The van der Waals surface area contributed by atoms with Crippen LogP contribution in [0.25, 0.3) is 17.1 Å². The van der Waals surface area contributed by atoms with Crippen LogP contribution in [0.1, 0.15) is 22.3 Å². The first kappa shape index (κ1) is 21.2. The Balaban J connectivity index is 1.75. The van der Waals surface area contributed by atoms with E-state index in [2.05, 4.69) is 35.8 Å². The number of thiophene rings is 1. The third kappa shape index (κ3) is 4.26. The fourth-order valence-electron chi connectivity index (χ4n) is 2.57. The monoisotopic (exact) mass is 496 g/mol. The van der Waals surface area contributed by atoms with Crippen LogP contribution in [0.15, 0.2) is 40.1 Å². The Morgan fingerprint density at radius 1 is 1.19 bits per heavy atom. The SMILES string of the molecule is CC(=NNC(=O)c1nnn(-c2nonc2N)c1-c1ccc(Cl)c(Cl)c1)c1ccc(Cl)s1. The molecule has 10 nitrogen and oxygen atoms in total. The number of nitrogens with one attached hydrogen (secondary N) is 1. The van der Waals surface area contributed by atoms with Crippen molar-refractivity contribution in [3.63, 3.8) is 0 Å². The Morgan fingerprint density at radius 3 is 2.65 bits per heavy atom. The molecular formula is C17H11Cl3N8O2S. The number of aromatic nitrogens is 5. The molecule has 1 amide bonds. The van der Waals surface area contributed by atoms with Gasteiger partial charge in [-0.3, -0.25) is 4.79 Å². The van der Waals surface area contributed by atoms with Crippen molar-refractivity contribution in [2.24, 2.45) is 5.10 Å². The summed E-state index contributed by atoms with van der Waals surface area (Å²) in [5, 5.41) is 19.9. The van der Waals surface area contributed by atoms with E-state index in [4.69, 9.17) is 40.5 Å². The number of hydrogen-bond acceptors (Lipinski definition) is 9. The van der Waals surface area contributed by atoms with Crippen LogP contribution in [0.5, 0.6) is 0 Å². The van der Waals surface area contributed by atoms with Gasteiger partial charge in [0.2, 0.25) is 11.6 Å². The average molecular weight is 498 g/mol. The number of carbonyl (C=O) groups is 1. The third-order valence-electron chi connectivity index (χ3n) is 4.03. The highest BCUT2D eigenvalue weighted by Crippen LogP contribution is 2.31. The number of anilines is 1. The second kappa shape index (κ2) is 8.63. The molecule has 4 aromatic rings. The number of nitrogens with zero attached hydrogens (tertiary/aromatic N) is 6. The van der Waals surface area contributed by atoms with E-state index in [9.17, 15) is 4.79 Å². The summed E-state index contributed by atoms with van der Waals surface area (Å²) >= 11 is 19.5. The highest BCUT2D eigenvalue weighted by atomic mass is 35.5. The van der Waals surface area contributed by atoms with Gasteiger partial charge >= 0.3 is 0 Å². The summed E-state index contributed by atoms with van der Waals surface area (Å²) in [6.07, 6.45) is 0. The molecular weight excluding hydrogens is 487 g/mol. The third-order valence-corrected chi connectivity index (χ3v) is 6.11. The van der Waals surface area contributed by atoms with Gasteiger partial charge in [0.1, 0.15) is 5.69 Å². The molecule has 0 radical (unpaired) electrons. The van der Waals surface area contributed by atoms with Crippen molar-refractivity contribution >= 4 is 63.6 Å². The number of hydrazone groups is 1. The first-order chi connectivity index (χ1) is 14.8. The number of hydrogen-bond donors (Lipinski definition) is 2. The van der Waals surface area contributed by atoms with Gasteiger partial charge in [-0.25, -0.2) is 10.1 Å². The molecule has 0 spiro atoms. The Bertz CT molecular complexity index is 1310. The van der Waals surface area contributed by atoms with Crippen molar-refractivity contribution in [1.29, 1.82) is 0 Å². The topological polar surface area (TPSA) is 137 Å². The smallest absolute Gasteiger partial charge is 0.294 e. The molecule has 0 aliphatic carbocycles. The van der Waals surface area contributed by atoms with Gasteiger partial charge in [0.05, 0.1) is 25.0 Å². The molecule has 0 aliphatic rings. The highest BCUT2D eigenvalue weighted by molar-refractivity contribution is 7.18. The van der Waals surface area contributed by atoms with E-state index in [-0.39, 0.29) is 28.0 Å². The van der Waals surface area contributed by atoms with E-state index in [0.29, 0.717) is 20.6 Å². The number of benzene rings is 1. The number of halogens is 3. The fraction of sp³-hybridized carbons (Fsp3) is 0.0588. The molecule has 0 fully saturated rings. The van der Waals surface area contributed by atoms with Crippen LogP contribution in [0.3, 0.4) is 0 Å². The first-order valence-corrected chi connectivity index (χ1v) is 10.4. The summed E-state index contributed by atoms with van der Waals surface area (Å²) in [5.41, 5.74) is 9.49. The van der Waals surface area contributed by atoms with Gasteiger partial charge < -0.3 is 5.73 Å². The summed E-state index contributed by atoms with van der Waals surface area (Å²) in [6.45, 7) is 1.74. The Hall–Kier alpha value is -2.99. The molecule has 3 heterocycles. The average Bonchev–Trinajstić information content (AvgIpc) is 3.47. The van der Waals surface area contributed by atoms with Crippen molar-refractivity contribution in [2.45, 2.75) is 6.92 Å². The van der Waals surface area contributed by atoms with Gasteiger partial charge in [0.15, 0.2) is 5.69 Å². The molecule has 3 aromatic heterocycles. The second-order valence-corrected chi connectivity index (χ2v) is 8.57. The van der Waals surface area contributed by atoms with Gasteiger partial charge in [-0.05, 0) is 41.5 Å².